The summed E-state index contributed by atoms with van der Waals surface area (Å²) in [6.07, 6.45) is 0. The first-order valence-electron chi connectivity index (χ1n) is 6.42. The molecule has 4 rings (SSSR count). The summed E-state index contributed by atoms with van der Waals surface area (Å²) >= 11 is 0. The molecule has 1 heteroatoms. The van der Waals surface area contributed by atoms with Gasteiger partial charge in [-0.2, -0.15) is 0 Å². The van der Waals surface area contributed by atoms with Gasteiger partial charge in [0.2, 0.25) is 0 Å². The molecular formula is C18H13N. The Hall–Kier alpha value is -2.54. The maximum atomic E-state index is 6.06. The van der Waals surface area contributed by atoms with Gasteiger partial charge in [0, 0.05) is 11.1 Å². The molecule has 4 aromatic rings. The molecule has 0 bridgehead atoms. The van der Waals surface area contributed by atoms with Gasteiger partial charge in [-0.1, -0.05) is 36.4 Å². The highest BCUT2D eigenvalue weighted by Gasteiger charge is 2.02. The second-order valence-electron chi connectivity index (χ2n) is 4.97. The largest absolute Gasteiger partial charge is 0.398 e. The zero-order valence-electron chi connectivity index (χ0n) is 10.4. The van der Waals surface area contributed by atoms with Gasteiger partial charge in [0.1, 0.15) is 0 Å². The number of fused-ring (bicyclic) bond motifs is 3. The van der Waals surface area contributed by atoms with E-state index in [0.29, 0.717) is 0 Å². The van der Waals surface area contributed by atoms with E-state index in [4.69, 9.17) is 5.73 Å². The van der Waals surface area contributed by atoms with Crippen molar-refractivity contribution in [3.8, 4) is 0 Å². The molecule has 4 aromatic carbocycles. The maximum absolute atomic E-state index is 6.06. The number of rotatable bonds is 0. The monoisotopic (exact) mass is 243 g/mol. The zero-order chi connectivity index (χ0) is 12.8. The van der Waals surface area contributed by atoms with E-state index in [9.17, 15) is 0 Å². The number of hydrogen-bond acceptors (Lipinski definition) is 1. The highest BCUT2D eigenvalue weighted by Crippen LogP contribution is 2.29. The van der Waals surface area contributed by atoms with Gasteiger partial charge in [-0.15, -0.1) is 0 Å². The van der Waals surface area contributed by atoms with E-state index in [1.54, 1.807) is 0 Å². The Morgan fingerprint density at radius 2 is 1.11 bits per heavy atom. The van der Waals surface area contributed by atoms with Gasteiger partial charge in [-0.25, -0.2) is 0 Å². The van der Waals surface area contributed by atoms with Crippen LogP contribution in [0.1, 0.15) is 0 Å². The lowest BCUT2D eigenvalue weighted by atomic mass is 9.99. The van der Waals surface area contributed by atoms with Crippen molar-refractivity contribution < 1.29 is 0 Å². The van der Waals surface area contributed by atoms with E-state index >= 15 is 0 Å². The Morgan fingerprint density at radius 3 is 1.84 bits per heavy atom. The molecule has 90 valence electrons. The number of nitrogens with two attached hydrogens (primary N) is 1. The number of nitrogen functional groups attached to an aromatic ring is 1. The van der Waals surface area contributed by atoms with E-state index in [0.717, 1.165) is 11.1 Å². The topological polar surface area (TPSA) is 26.0 Å². The molecule has 0 saturated heterocycles. The van der Waals surface area contributed by atoms with Crippen LogP contribution in [0.15, 0.2) is 66.7 Å². The van der Waals surface area contributed by atoms with Crippen LogP contribution in [-0.2, 0) is 0 Å². The molecule has 0 unspecified atom stereocenters. The number of anilines is 1. The van der Waals surface area contributed by atoms with E-state index in [1.165, 1.54) is 26.9 Å². The molecular weight excluding hydrogens is 230 g/mol. The fourth-order valence-electron chi connectivity index (χ4n) is 2.74. The fourth-order valence-corrected chi connectivity index (χ4v) is 2.74. The molecule has 19 heavy (non-hydrogen) atoms. The summed E-state index contributed by atoms with van der Waals surface area (Å²) in [6, 6.07) is 23.4. The lowest BCUT2D eigenvalue weighted by Crippen LogP contribution is -1.86. The lowest BCUT2D eigenvalue weighted by molar-refractivity contribution is 1.75. The first-order chi connectivity index (χ1) is 9.31. The highest BCUT2D eigenvalue weighted by atomic mass is 14.5. The summed E-state index contributed by atoms with van der Waals surface area (Å²) < 4.78 is 0. The summed E-state index contributed by atoms with van der Waals surface area (Å²) in [5.74, 6) is 0. The lowest BCUT2D eigenvalue weighted by Gasteiger charge is -2.06. The molecule has 0 fully saturated rings. The smallest absolute Gasteiger partial charge is 0.0393 e. The maximum Gasteiger partial charge on any atom is 0.0393 e. The third-order valence-electron chi connectivity index (χ3n) is 3.74. The van der Waals surface area contributed by atoms with Crippen LogP contribution in [0, 0.1) is 0 Å². The Morgan fingerprint density at radius 1 is 0.526 bits per heavy atom. The standard InChI is InChI=1S/C18H13N/c19-18-7-3-6-14-10-15-8-12-4-1-2-5-13(12)9-16(15)11-17(14)18/h1-11H,19H2. The van der Waals surface area contributed by atoms with Crippen molar-refractivity contribution in [3.05, 3.63) is 66.7 Å². The summed E-state index contributed by atoms with van der Waals surface area (Å²) in [6.45, 7) is 0. The molecule has 0 radical (unpaired) electrons. The van der Waals surface area contributed by atoms with Crippen LogP contribution in [-0.4, -0.2) is 0 Å². The van der Waals surface area contributed by atoms with Crippen molar-refractivity contribution in [2.24, 2.45) is 0 Å². The summed E-state index contributed by atoms with van der Waals surface area (Å²) in [5, 5.41) is 7.37. The number of hydrogen-bond donors (Lipinski definition) is 1. The molecule has 0 spiro atoms. The van der Waals surface area contributed by atoms with Crippen LogP contribution in [0.4, 0.5) is 5.69 Å². The second kappa shape index (κ2) is 3.72. The van der Waals surface area contributed by atoms with Crippen molar-refractivity contribution in [1.29, 1.82) is 0 Å². The quantitative estimate of drug-likeness (QED) is 0.350. The first kappa shape index (κ1) is 10.4. The predicted molar refractivity (Wildman–Crippen MR) is 83.4 cm³/mol. The summed E-state index contributed by atoms with van der Waals surface area (Å²) in [4.78, 5) is 0. The van der Waals surface area contributed by atoms with Gasteiger partial charge >= 0.3 is 0 Å². The first-order valence-corrected chi connectivity index (χ1v) is 6.42. The van der Waals surface area contributed by atoms with Gasteiger partial charge in [-0.3, -0.25) is 0 Å². The van der Waals surface area contributed by atoms with Crippen LogP contribution in [0.3, 0.4) is 0 Å². The average Bonchev–Trinajstić information content (AvgIpc) is 2.44. The van der Waals surface area contributed by atoms with Crippen LogP contribution < -0.4 is 5.73 Å². The van der Waals surface area contributed by atoms with E-state index in [1.807, 2.05) is 12.1 Å². The Labute approximate surface area is 111 Å². The molecule has 0 aromatic heterocycles. The van der Waals surface area contributed by atoms with Gasteiger partial charge in [0.05, 0.1) is 0 Å². The zero-order valence-corrected chi connectivity index (χ0v) is 10.4. The van der Waals surface area contributed by atoms with Gasteiger partial charge in [0.25, 0.3) is 0 Å². The van der Waals surface area contributed by atoms with Crippen molar-refractivity contribution in [3.63, 3.8) is 0 Å². The van der Waals surface area contributed by atoms with Gasteiger partial charge in [0.15, 0.2) is 0 Å². The molecule has 0 aliphatic heterocycles. The molecule has 1 nitrogen and oxygen atoms in total. The minimum atomic E-state index is 0.840. The predicted octanol–water partition coefficient (Wildman–Crippen LogP) is 4.73. The summed E-state index contributed by atoms with van der Waals surface area (Å²) in [5.41, 5.74) is 6.90. The van der Waals surface area contributed by atoms with Crippen LogP contribution in [0.2, 0.25) is 0 Å². The Bertz CT molecular complexity index is 922. The normalized spacial score (nSPS) is 11.4. The van der Waals surface area contributed by atoms with Gasteiger partial charge in [-0.05, 0) is 57.3 Å². The Balaban J connectivity index is 2.20. The molecule has 0 aliphatic carbocycles. The second-order valence-corrected chi connectivity index (χ2v) is 4.97. The molecule has 2 N–H and O–H groups in total. The van der Waals surface area contributed by atoms with Crippen molar-refractivity contribution in [1.82, 2.24) is 0 Å². The molecule has 0 saturated carbocycles. The molecule has 0 heterocycles. The van der Waals surface area contributed by atoms with Crippen LogP contribution in [0.25, 0.3) is 32.3 Å². The van der Waals surface area contributed by atoms with E-state index in [2.05, 4.69) is 54.6 Å². The molecule has 0 aliphatic rings. The minimum absolute atomic E-state index is 0.840. The van der Waals surface area contributed by atoms with Gasteiger partial charge < -0.3 is 5.73 Å². The summed E-state index contributed by atoms with van der Waals surface area (Å²) in [7, 11) is 0. The van der Waals surface area contributed by atoms with Crippen molar-refractivity contribution >= 4 is 38.0 Å². The third kappa shape index (κ3) is 1.55. The van der Waals surface area contributed by atoms with Crippen LogP contribution >= 0.6 is 0 Å². The SMILES string of the molecule is Nc1cccc2cc3cc4ccccc4cc3cc12. The molecule has 0 atom stereocenters. The minimum Gasteiger partial charge on any atom is -0.398 e. The fraction of sp³-hybridized carbons (Fsp3) is 0. The third-order valence-corrected chi connectivity index (χ3v) is 3.74. The van der Waals surface area contributed by atoms with Crippen molar-refractivity contribution in [2.75, 3.05) is 5.73 Å². The highest BCUT2D eigenvalue weighted by molar-refractivity contribution is 6.07. The van der Waals surface area contributed by atoms with Crippen LogP contribution in [0.5, 0.6) is 0 Å². The Kier molecular flexibility index (Phi) is 2.04. The van der Waals surface area contributed by atoms with Crippen molar-refractivity contribution in [2.45, 2.75) is 0 Å². The molecule has 0 amide bonds. The van der Waals surface area contributed by atoms with E-state index in [-0.39, 0.29) is 0 Å². The number of benzene rings is 4. The average molecular weight is 243 g/mol. The van der Waals surface area contributed by atoms with E-state index < -0.39 is 0 Å².